The van der Waals surface area contributed by atoms with Crippen LogP contribution in [0.3, 0.4) is 0 Å². The van der Waals surface area contributed by atoms with Crippen molar-refractivity contribution in [1.29, 1.82) is 0 Å². The summed E-state index contributed by atoms with van der Waals surface area (Å²) >= 11 is 0. The van der Waals surface area contributed by atoms with Crippen LogP contribution in [0.25, 0.3) is 0 Å². The van der Waals surface area contributed by atoms with Crippen LogP contribution in [0.5, 0.6) is 5.75 Å². The summed E-state index contributed by atoms with van der Waals surface area (Å²) in [6, 6.07) is 5.78. The fraction of sp³-hybridized carbons (Fsp3) is 0.364. The Bertz CT molecular complexity index is 311. The largest absolute Gasteiger partial charge is 0.485 e. The van der Waals surface area contributed by atoms with Gasteiger partial charge in [0.15, 0.2) is 5.78 Å². The van der Waals surface area contributed by atoms with Gasteiger partial charge in [-0.15, -0.1) is 0 Å². The minimum Gasteiger partial charge on any atom is -0.485 e. The number of aryl methyl sites for hydroxylation is 2. The highest BCUT2D eigenvalue weighted by atomic mass is 16.5. The van der Waals surface area contributed by atoms with Gasteiger partial charge < -0.3 is 9.84 Å². The number of aliphatic hydroxyl groups is 1. The lowest BCUT2D eigenvalue weighted by Gasteiger charge is -2.10. The quantitative estimate of drug-likeness (QED) is 0.784. The topological polar surface area (TPSA) is 46.5 Å². The molecule has 0 fully saturated rings. The van der Waals surface area contributed by atoms with Crippen molar-refractivity contribution < 1.29 is 14.6 Å². The van der Waals surface area contributed by atoms with Crippen LogP contribution in [-0.4, -0.2) is 24.1 Å². The zero-order valence-corrected chi connectivity index (χ0v) is 8.41. The van der Waals surface area contributed by atoms with Crippen molar-refractivity contribution in [2.24, 2.45) is 0 Å². The molecule has 3 heteroatoms. The van der Waals surface area contributed by atoms with Gasteiger partial charge in [0.05, 0.1) is 0 Å². The normalized spacial score (nSPS) is 9.93. The van der Waals surface area contributed by atoms with Gasteiger partial charge >= 0.3 is 0 Å². The number of carbonyl (C=O) groups excluding carboxylic acids is 1. The summed E-state index contributed by atoms with van der Waals surface area (Å²) in [5, 5.41) is 8.52. The lowest BCUT2D eigenvalue weighted by molar-refractivity contribution is -0.123. The van der Waals surface area contributed by atoms with Crippen LogP contribution in [0.15, 0.2) is 18.2 Å². The molecular formula is C11H14O3. The molecule has 0 atom stereocenters. The number of hydrogen-bond acceptors (Lipinski definition) is 3. The van der Waals surface area contributed by atoms with Gasteiger partial charge in [0.1, 0.15) is 19.0 Å². The predicted octanol–water partition coefficient (Wildman–Crippen LogP) is 1.24. The number of aliphatic hydroxyl groups excluding tert-OH is 1. The average molecular weight is 194 g/mol. The molecule has 0 saturated heterocycles. The van der Waals surface area contributed by atoms with Gasteiger partial charge in [-0.05, 0) is 25.0 Å². The number of carbonyl (C=O) groups is 1. The fourth-order valence-electron chi connectivity index (χ4n) is 1.23. The molecule has 0 unspecified atom stereocenters. The van der Waals surface area contributed by atoms with E-state index in [1.807, 2.05) is 32.0 Å². The molecule has 0 spiro atoms. The molecule has 76 valence electrons. The molecular weight excluding hydrogens is 180 g/mol. The van der Waals surface area contributed by atoms with E-state index in [2.05, 4.69) is 0 Å². The Balaban J connectivity index is 2.71. The SMILES string of the molecule is Cc1cccc(C)c1OCC(=O)CO. The van der Waals surface area contributed by atoms with Crippen LogP contribution >= 0.6 is 0 Å². The van der Waals surface area contributed by atoms with Crippen molar-refractivity contribution >= 4 is 5.78 Å². The first-order valence-electron chi connectivity index (χ1n) is 4.46. The van der Waals surface area contributed by atoms with Crippen molar-refractivity contribution in [1.82, 2.24) is 0 Å². The highest BCUT2D eigenvalue weighted by Gasteiger charge is 2.05. The summed E-state index contributed by atoms with van der Waals surface area (Å²) in [4.78, 5) is 10.8. The maximum absolute atomic E-state index is 10.8. The molecule has 1 N–H and O–H groups in total. The summed E-state index contributed by atoms with van der Waals surface area (Å²) < 4.78 is 5.31. The molecule has 3 nitrogen and oxygen atoms in total. The Hall–Kier alpha value is -1.35. The van der Waals surface area contributed by atoms with Crippen LogP contribution in [0.2, 0.25) is 0 Å². The lowest BCUT2D eigenvalue weighted by Crippen LogP contribution is -2.15. The Morgan fingerprint density at radius 3 is 2.43 bits per heavy atom. The second-order valence-electron chi connectivity index (χ2n) is 3.21. The number of ketones is 1. The van der Waals surface area contributed by atoms with Crippen LogP contribution in [0, 0.1) is 13.8 Å². The summed E-state index contributed by atoms with van der Waals surface area (Å²) in [6.07, 6.45) is 0. The fourth-order valence-corrected chi connectivity index (χ4v) is 1.23. The van der Waals surface area contributed by atoms with Crippen LogP contribution in [0.4, 0.5) is 0 Å². The summed E-state index contributed by atoms with van der Waals surface area (Å²) in [5.74, 6) is 0.418. The molecule has 0 amide bonds. The molecule has 14 heavy (non-hydrogen) atoms. The lowest BCUT2D eigenvalue weighted by atomic mass is 10.1. The molecule has 0 heterocycles. The maximum Gasteiger partial charge on any atom is 0.195 e. The first kappa shape index (κ1) is 10.7. The van der Waals surface area contributed by atoms with E-state index >= 15 is 0 Å². The van der Waals surface area contributed by atoms with E-state index in [0.29, 0.717) is 0 Å². The predicted molar refractivity (Wildman–Crippen MR) is 53.5 cm³/mol. The average Bonchev–Trinajstić information content (AvgIpc) is 2.16. The number of rotatable bonds is 4. The smallest absolute Gasteiger partial charge is 0.195 e. The molecule has 0 aromatic heterocycles. The van der Waals surface area contributed by atoms with Crippen molar-refractivity contribution in [2.75, 3.05) is 13.2 Å². The number of Topliss-reactive ketones (excluding diaryl/α,β-unsaturated/α-hetero) is 1. The number of benzene rings is 1. The standard InChI is InChI=1S/C11H14O3/c1-8-4-3-5-9(2)11(8)14-7-10(13)6-12/h3-5,12H,6-7H2,1-2H3. The molecule has 0 aliphatic heterocycles. The van der Waals surface area contributed by atoms with Gasteiger partial charge in [-0.2, -0.15) is 0 Å². The van der Waals surface area contributed by atoms with Gasteiger partial charge in [-0.1, -0.05) is 18.2 Å². The van der Waals surface area contributed by atoms with E-state index in [4.69, 9.17) is 9.84 Å². The Morgan fingerprint density at radius 1 is 1.36 bits per heavy atom. The van der Waals surface area contributed by atoms with Gasteiger partial charge in [0, 0.05) is 0 Å². The van der Waals surface area contributed by atoms with E-state index in [9.17, 15) is 4.79 Å². The highest BCUT2D eigenvalue weighted by Crippen LogP contribution is 2.21. The second kappa shape index (κ2) is 4.77. The Morgan fingerprint density at radius 2 is 1.93 bits per heavy atom. The van der Waals surface area contributed by atoms with E-state index in [1.165, 1.54) is 0 Å². The number of para-hydroxylation sites is 1. The zero-order chi connectivity index (χ0) is 10.6. The summed E-state index contributed by atoms with van der Waals surface area (Å²) in [5.41, 5.74) is 1.99. The molecule has 1 rings (SSSR count). The van der Waals surface area contributed by atoms with Crippen molar-refractivity contribution in [3.63, 3.8) is 0 Å². The highest BCUT2D eigenvalue weighted by molar-refractivity contribution is 5.80. The zero-order valence-electron chi connectivity index (χ0n) is 8.41. The maximum atomic E-state index is 10.8. The van der Waals surface area contributed by atoms with Crippen molar-refractivity contribution in [3.8, 4) is 5.75 Å². The third kappa shape index (κ3) is 2.57. The third-order valence-electron chi connectivity index (χ3n) is 1.96. The van der Waals surface area contributed by atoms with E-state index in [-0.39, 0.29) is 12.4 Å². The molecule has 0 aliphatic carbocycles. The van der Waals surface area contributed by atoms with E-state index < -0.39 is 6.61 Å². The minimum absolute atomic E-state index is 0.0673. The number of hydrogen-bond donors (Lipinski definition) is 1. The van der Waals surface area contributed by atoms with Crippen LogP contribution in [0.1, 0.15) is 11.1 Å². The first-order chi connectivity index (χ1) is 6.65. The van der Waals surface area contributed by atoms with E-state index in [1.54, 1.807) is 0 Å². The van der Waals surface area contributed by atoms with Crippen molar-refractivity contribution in [3.05, 3.63) is 29.3 Å². The van der Waals surface area contributed by atoms with Crippen molar-refractivity contribution in [2.45, 2.75) is 13.8 Å². The molecule has 0 aliphatic rings. The summed E-state index contributed by atoms with van der Waals surface area (Å²) in [6.45, 7) is 3.31. The third-order valence-corrected chi connectivity index (χ3v) is 1.96. The van der Waals surface area contributed by atoms with Crippen LogP contribution in [-0.2, 0) is 4.79 Å². The molecule has 0 saturated carbocycles. The summed E-state index contributed by atoms with van der Waals surface area (Å²) in [7, 11) is 0. The second-order valence-corrected chi connectivity index (χ2v) is 3.21. The molecule has 0 bridgehead atoms. The monoisotopic (exact) mass is 194 g/mol. The van der Waals surface area contributed by atoms with Gasteiger partial charge in [0.25, 0.3) is 0 Å². The first-order valence-corrected chi connectivity index (χ1v) is 4.46. The minimum atomic E-state index is -0.467. The Kier molecular flexibility index (Phi) is 3.65. The number of ether oxygens (including phenoxy) is 1. The van der Waals surface area contributed by atoms with Gasteiger partial charge in [-0.25, -0.2) is 0 Å². The Labute approximate surface area is 83.3 Å². The molecule has 0 radical (unpaired) electrons. The van der Waals surface area contributed by atoms with Crippen LogP contribution < -0.4 is 4.74 Å². The van der Waals surface area contributed by atoms with Gasteiger partial charge in [0.2, 0.25) is 0 Å². The molecule has 1 aromatic rings. The van der Waals surface area contributed by atoms with E-state index in [0.717, 1.165) is 16.9 Å². The molecule has 1 aromatic carbocycles. The van der Waals surface area contributed by atoms with Gasteiger partial charge in [-0.3, -0.25) is 4.79 Å².